The van der Waals surface area contributed by atoms with Gasteiger partial charge >= 0.3 is 36.2 Å². The molecule has 0 saturated carbocycles. The number of anilines is 1. The van der Waals surface area contributed by atoms with Gasteiger partial charge in [-0.1, -0.05) is 0 Å². The topological polar surface area (TPSA) is 81.5 Å². The highest BCUT2D eigenvalue weighted by Crippen LogP contribution is 2.55. The molecule has 1 unspecified atom stereocenters. The van der Waals surface area contributed by atoms with Crippen LogP contribution >= 0.6 is 15.9 Å². The van der Waals surface area contributed by atoms with E-state index in [0.29, 0.717) is 18.2 Å². The molecule has 0 radical (unpaired) electrons. The van der Waals surface area contributed by atoms with Gasteiger partial charge in [-0.2, -0.15) is 57.1 Å². The SMILES string of the molecule is O=C(Nc1ccc([N+](=O)[O-])cc1Br)C(F)(OC(F)(F)C(F)(F)C(F)(F)C(F)(F)F)C(F)(F)F. The van der Waals surface area contributed by atoms with Crippen molar-refractivity contribution in [3.8, 4) is 0 Å². The summed E-state index contributed by atoms with van der Waals surface area (Å²) >= 11 is 2.45. The van der Waals surface area contributed by atoms with Crippen LogP contribution in [0, 0.1) is 10.1 Å². The normalized spacial score (nSPS) is 15.7. The average Bonchev–Trinajstić information content (AvgIpc) is 2.60. The fourth-order valence-electron chi connectivity index (χ4n) is 1.76. The number of carbonyl (C=O) groups is 1. The summed E-state index contributed by atoms with van der Waals surface area (Å²) in [5, 5.41) is 11.4. The predicted molar refractivity (Wildman–Crippen MR) is 81.3 cm³/mol. The third-order valence-electron chi connectivity index (χ3n) is 3.45. The number of alkyl halides is 13. The van der Waals surface area contributed by atoms with Crippen LogP contribution in [-0.2, 0) is 9.53 Å². The molecule has 1 rings (SSSR count). The van der Waals surface area contributed by atoms with Crippen LogP contribution in [0.15, 0.2) is 22.7 Å². The first-order valence-electron chi connectivity index (χ1n) is 7.33. The molecule has 0 saturated heterocycles. The van der Waals surface area contributed by atoms with Gasteiger partial charge in [-0.15, -0.1) is 0 Å². The van der Waals surface area contributed by atoms with E-state index in [2.05, 4.69) is 15.9 Å². The summed E-state index contributed by atoms with van der Waals surface area (Å²) in [5.41, 5.74) is -1.82. The molecule has 0 fully saturated rings. The number of hydrogen-bond acceptors (Lipinski definition) is 4. The van der Waals surface area contributed by atoms with Crippen LogP contribution in [-0.4, -0.2) is 47.0 Å². The molecule has 0 spiro atoms. The van der Waals surface area contributed by atoms with Gasteiger partial charge in [-0.3, -0.25) is 19.6 Å². The molecule has 0 heterocycles. The number of nitro groups is 1. The highest BCUT2D eigenvalue weighted by atomic mass is 79.9. The number of non-ortho nitro benzene ring substituents is 1. The van der Waals surface area contributed by atoms with Crippen LogP contribution in [0.2, 0.25) is 0 Å². The second kappa shape index (κ2) is 8.44. The fourth-order valence-corrected chi connectivity index (χ4v) is 2.22. The molecule has 0 aliphatic carbocycles. The largest absolute Gasteiger partial charge is 0.460 e. The molecule has 33 heavy (non-hydrogen) atoms. The molecule has 1 N–H and O–H groups in total. The lowest BCUT2D eigenvalue weighted by Gasteiger charge is -2.36. The van der Waals surface area contributed by atoms with Gasteiger partial charge in [0.2, 0.25) is 0 Å². The molecular formula is C13H4BrF13N2O4. The van der Waals surface area contributed by atoms with Crippen molar-refractivity contribution < 1.29 is 71.5 Å². The van der Waals surface area contributed by atoms with E-state index in [4.69, 9.17) is 0 Å². The minimum Gasteiger partial charge on any atom is -0.320 e. The highest BCUT2D eigenvalue weighted by molar-refractivity contribution is 9.10. The van der Waals surface area contributed by atoms with Gasteiger partial charge in [0, 0.05) is 16.6 Å². The van der Waals surface area contributed by atoms with Crippen LogP contribution in [0.3, 0.4) is 0 Å². The predicted octanol–water partition coefficient (Wildman–Crippen LogP) is 5.97. The van der Waals surface area contributed by atoms with Gasteiger partial charge in [0.1, 0.15) is 0 Å². The van der Waals surface area contributed by atoms with Crippen molar-refractivity contribution in [2.45, 2.75) is 36.2 Å². The molecule has 0 bridgehead atoms. The quantitative estimate of drug-likeness (QED) is 0.246. The van der Waals surface area contributed by atoms with Crippen LogP contribution in [0.1, 0.15) is 0 Å². The summed E-state index contributed by atoms with van der Waals surface area (Å²) in [6, 6.07) is 1.35. The minimum absolute atomic E-state index is 0.390. The van der Waals surface area contributed by atoms with Gasteiger partial charge < -0.3 is 5.32 Å². The summed E-state index contributed by atoms with van der Waals surface area (Å²) in [5.74, 6) is -25.6. The van der Waals surface area contributed by atoms with Gasteiger partial charge in [-0.05, 0) is 22.0 Å². The lowest BCUT2D eigenvalue weighted by molar-refractivity contribution is -0.481. The van der Waals surface area contributed by atoms with Crippen LogP contribution in [0.5, 0.6) is 0 Å². The van der Waals surface area contributed by atoms with Gasteiger partial charge in [0.05, 0.1) is 10.6 Å². The van der Waals surface area contributed by atoms with Crippen LogP contribution < -0.4 is 5.32 Å². The first kappa shape index (κ1) is 28.7. The van der Waals surface area contributed by atoms with E-state index in [1.165, 1.54) is 0 Å². The molecule has 20 heteroatoms. The lowest BCUT2D eigenvalue weighted by Crippen LogP contribution is -2.66. The number of amides is 1. The molecule has 188 valence electrons. The van der Waals surface area contributed by atoms with E-state index >= 15 is 0 Å². The van der Waals surface area contributed by atoms with Crippen molar-refractivity contribution in [1.29, 1.82) is 0 Å². The van der Waals surface area contributed by atoms with Crippen LogP contribution in [0.4, 0.5) is 68.5 Å². The standard InChI is InChI=1S/C13H4BrF13N2O4/c14-5-3-4(29(31)32)1-2-6(5)28-7(30)8(15,11(20,21)22)33-13(26,27)10(18,19)9(16,17)12(23,24)25/h1-3H,(H,28,30). The molecule has 1 aromatic rings. The monoisotopic (exact) mass is 578 g/mol. The molecule has 0 aliphatic heterocycles. The number of hydrogen-bond donors (Lipinski definition) is 1. The number of halogens is 14. The first-order chi connectivity index (χ1) is 14.4. The Bertz CT molecular complexity index is 934. The number of benzene rings is 1. The zero-order valence-corrected chi connectivity index (χ0v) is 16.2. The molecule has 1 aromatic carbocycles. The molecule has 0 aromatic heterocycles. The third kappa shape index (κ3) is 5.09. The fraction of sp³-hybridized carbons (Fsp3) is 0.462. The lowest BCUT2D eigenvalue weighted by atomic mass is 10.1. The number of nitrogens with zero attached hydrogens (tertiary/aromatic N) is 1. The van der Waals surface area contributed by atoms with Gasteiger partial charge in [0.15, 0.2) is 0 Å². The van der Waals surface area contributed by atoms with E-state index in [1.807, 2.05) is 4.74 Å². The highest BCUT2D eigenvalue weighted by Gasteiger charge is 2.85. The molecular weight excluding hydrogens is 575 g/mol. The van der Waals surface area contributed by atoms with E-state index in [0.717, 1.165) is 5.32 Å². The second-order valence-corrected chi connectivity index (χ2v) is 6.59. The second-order valence-electron chi connectivity index (χ2n) is 5.73. The van der Waals surface area contributed by atoms with Crippen molar-refractivity contribution in [1.82, 2.24) is 0 Å². The van der Waals surface area contributed by atoms with Crippen molar-refractivity contribution in [3.63, 3.8) is 0 Å². The third-order valence-corrected chi connectivity index (χ3v) is 4.11. The number of carbonyl (C=O) groups excluding carboxylic acids is 1. The summed E-state index contributed by atoms with van der Waals surface area (Å²) in [6.07, 6.45) is -22.1. The minimum atomic E-state index is -7.84. The van der Waals surface area contributed by atoms with E-state index < -0.39 is 62.8 Å². The van der Waals surface area contributed by atoms with Crippen LogP contribution in [0.25, 0.3) is 0 Å². The summed E-state index contributed by atoms with van der Waals surface area (Å²) in [4.78, 5) is 21.1. The summed E-state index contributed by atoms with van der Waals surface area (Å²) in [7, 11) is 0. The summed E-state index contributed by atoms with van der Waals surface area (Å²) in [6.45, 7) is 0. The Kier molecular flexibility index (Phi) is 7.33. The van der Waals surface area contributed by atoms with E-state index in [-0.39, 0.29) is 0 Å². The van der Waals surface area contributed by atoms with Gasteiger partial charge in [-0.25, -0.2) is 0 Å². The van der Waals surface area contributed by atoms with E-state index in [1.54, 1.807) is 0 Å². The molecule has 1 atom stereocenters. The Morgan fingerprint density at radius 2 is 1.36 bits per heavy atom. The number of rotatable bonds is 7. The molecule has 1 amide bonds. The first-order valence-corrected chi connectivity index (χ1v) is 8.13. The maximum Gasteiger partial charge on any atom is 0.460 e. The van der Waals surface area contributed by atoms with Gasteiger partial charge in [0.25, 0.3) is 11.6 Å². The zero-order chi connectivity index (χ0) is 26.4. The van der Waals surface area contributed by atoms with E-state index in [9.17, 15) is 72.0 Å². The van der Waals surface area contributed by atoms with Crippen molar-refractivity contribution in [3.05, 3.63) is 32.8 Å². The Morgan fingerprint density at radius 1 is 0.879 bits per heavy atom. The number of nitrogens with one attached hydrogen (secondary N) is 1. The van der Waals surface area contributed by atoms with Crippen molar-refractivity contribution in [2.75, 3.05) is 5.32 Å². The average molecular weight is 579 g/mol. The molecule has 0 aliphatic rings. The number of ether oxygens (including phenoxy) is 1. The Balaban J connectivity index is 3.44. The number of nitro benzene ring substituents is 1. The maximum absolute atomic E-state index is 14.2. The summed E-state index contributed by atoms with van der Waals surface area (Å²) < 4.78 is 169. The zero-order valence-electron chi connectivity index (χ0n) is 14.6. The Labute approximate surface area is 179 Å². The Hall–Kier alpha value is -2.38. The maximum atomic E-state index is 14.2. The van der Waals surface area contributed by atoms with Crippen molar-refractivity contribution in [2.24, 2.45) is 0 Å². The smallest absolute Gasteiger partial charge is 0.320 e. The molecule has 6 nitrogen and oxygen atoms in total. The van der Waals surface area contributed by atoms with Crippen molar-refractivity contribution >= 4 is 33.2 Å². The Morgan fingerprint density at radius 3 is 1.73 bits per heavy atom.